The molecule has 2 aliphatic rings. The summed E-state index contributed by atoms with van der Waals surface area (Å²) in [6.07, 6.45) is 0.328. The van der Waals surface area contributed by atoms with Gasteiger partial charge in [0.15, 0.2) is 0 Å². The van der Waals surface area contributed by atoms with Crippen LogP contribution in [0.25, 0.3) is 0 Å². The van der Waals surface area contributed by atoms with Crippen molar-refractivity contribution in [2.75, 3.05) is 13.1 Å². The van der Waals surface area contributed by atoms with Gasteiger partial charge >= 0.3 is 0 Å². The molecule has 1 N–H and O–H groups in total. The van der Waals surface area contributed by atoms with E-state index in [-0.39, 0.29) is 12.4 Å². The van der Waals surface area contributed by atoms with Crippen molar-refractivity contribution in [1.29, 1.82) is 0 Å². The number of fused-ring (bicyclic) bond motifs is 3. The van der Waals surface area contributed by atoms with E-state index in [1.54, 1.807) is 0 Å². The first-order valence-electron chi connectivity index (χ1n) is 5.06. The lowest BCUT2D eigenvalue weighted by molar-refractivity contribution is 0.0299. The third-order valence-corrected chi connectivity index (χ3v) is 4.55. The number of nitrogens with one attached hydrogen (secondary N) is 1. The predicted octanol–water partition coefficient (Wildman–Crippen LogP) is 3.11. The van der Waals surface area contributed by atoms with Crippen LogP contribution < -0.4 is 5.32 Å². The molecule has 0 bridgehead atoms. The molecule has 0 aliphatic carbocycles. The summed E-state index contributed by atoms with van der Waals surface area (Å²) in [6.45, 7) is 2.59. The normalized spacial score (nSPS) is 26.9. The molecule has 1 aromatic carbocycles. The van der Waals surface area contributed by atoms with Crippen LogP contribution in [0.4, 0.5) is 0 Å². The van der Waals surface area contributed by atoms with Crippen molar-refractivity contribution in [2.24, 2.45) is 0 Å². The number of ether oxygens (including phenoxy) is 1. The number of hydrogen-bond acceptors (Lipinski definition) is 2. The fraction of sp³-hybridized carbons (Fsp3) is 0.455. The Kier molecular flexibility index (Phi) is 3.82. The van der Waals surface area contributed by atoms with Gasteiger partial charge in [0, 0.05) is 29.0 Å². The van der Waals surface area contributed by atoms with E-state index in [0.29, 0.717) is 18.6 Å². The predicted molar refractivity (Wildman–Crippen MR) is 70.6 cm³/mol. The van der Waals surface area contributed by atoms with Gasteiger partial charge in [-0.3, -0.25) is 0 Å². The van der Waals surface area contributed by atoms with Gasteiger partial charge in [0.2, 0.25) is 0 Å². The molecule has 0 spiro atoms. The second-order valence-corrected chi connectivity index (χ2v) is 5.28. The Morgan fingerprint density at radius 1 is 1.38 bits per heavy atom. The van der Waals surface area contributed by atoms with Crippen LogP contribution in [0.5, 0.6) is 0 Å². The quantitative estimate of drug-likeness (QED) is 0.791. The van der Waals surface area contributed by atoms with Crippen molar-refractivity contribution in [1.82, 2.24) is 5.32 Å². The first-order chi connectivity index (χ1) is 7.27. The molecule has 0 saturated carbocycles. The molecule has 0 amide bonds. The fourth-order valence-corrected chi connectivity index (χ4v) is 3.03. The number of hydrogen-bond donors (Lipinski definition) is 1. The number of rotatable bonds is 0. The van der Waals surface area contributed by atoms with Crippen LogP contribution in [0.3, 0.4) is 0 Å². The lowest BCUT2D eigenvalue weighted by Crippen LogP contribution is -2.27. The molecule has 2 aliphatic heterocycles. The first kappa shape index (κ1) is 12.7. The van der Waals surface area contributed by atoms with Crippen molar-refractivity contribution in [3.8, 4) is 0 Å². The first-order valence-corrected chi connectivity index (χ1v) is 6.23. The Bertz CT molecular complexity index is 413. The zero-order chi connectivity index (χ0) is 10.4. The molecule has 16 heavy (non-hydrogen) atoms. The van der Waals surface area contributed by atoms with E-state index >= 15 is 0 Å². The molecule has 0 unspecified atom stereocenters. The van der Waals surface area contributed by atoms with E-state index in [1.165, 1.54) is 5.56 Å². The molecule has 0 aromatic heterocycles. The van der Waals surface area contributed by atoms with Crippen molar-refractivity contribution in [3.63, 3.8) is 0 Å². The van der Waals surface area contributed by atoms with Gasteiger partial charge in [0.25, 0.3) is 0 Å². The second kappa shape index (κ2) is 4.83. The van der Waals surface area contributed by atoms with Gasteiger partial charge in [0.1, 0.15) is 0 Å². The summed E-state index contributed by atoms with van der Waals surface area (Å²) in [5.41, 5.74) is 2.50. The molecular formula is C11H12BrCl2NO. The highest BCUT2D eigenvalue weighted by atomic mass is 79.9. The average Bonchev–Trinajstić information content (AvgIpc) is 2.71. The minimum absolute atomic E-state index is 0. The Morgan fingerprint density at radius 3 is 3.00 bits per heavy atom. The molecule has 1 fully saturated rings. The molecule has 2 atom stereocenters. The molecule has 5 heteroatoms. The monoisotopic (exact) mass is 323 g/mol. The Morgan fingerprint density at radius 2 is 2.19 bits per heavy atom. The third kappa shape index (κ3) is 1.89. The van der Waals surface area contributed by atoms with Crippen molar-refractivity contribution >= 4 is 39.9 Å². The zero-order valence-electron chi connectivity index (χ0n) is 8.50. The second-order valence-electron chi connectivity index (χ2n) is 4.04. The minimum Gasteiger partial charge on any atom is -0.371 e. The average molecular weight is 325 g/mol. The summed E-state index contributed by atoms with van der Waals surface area (Å²) in [6, 6.07) is 4.19. The van der Waals surface area contributed by atoms with Gasteiger partial charge in [-0.25, -0.2) is 0 Å². The van der Waals surface area contributed by atoms with Crippen LogP contribution in [0.15, 0.2) is 16.6 Å². The van der Waals surface area contributed by atoms with Gasteiger partial charge in [-0.05, 0) is 27.6 Å². The molecule has 88 valence electrons. The van der Waals surface area contributed by atoms with Crippen LogP contribution in [0.2, 0.25) is 5.02 Å². The number of benzene rings is 1. The third-order valence-electron chi connectivity index (χ3n) is 3.23. The highest BCUT2D eigenvalue weighted by molar-refractivity contribution is 9.10. The molecule has 2 heterocycles. The molecule has 3 rings (SSSR count). The Balaban J connectivity index is 0.000000963. The van der Waals surface area contributed by atoms with E-state index in [1.807, 2.05) is 6.07 Å². The standard InChI is InChI=1S/C11H11BrClNO.ClH/c12-9-2-1-6-7-3-14-4-10(7)15-5-8(6)11(9)13;/h1-2,7,10,14H,3-5H2;1H/t7-,10-;/m0./s1. The highest BCUT2D eigenvalue weighted by Crippen LogP contribution is 2.39. The van der Waals surface area contributed by atoms with E-state index in [0.717, 1.165) is 28.1 Å². The van der Waals surface area contributed by atoms with E-state index in [2.05, 4.69) is 27.3 Å². The highest BCUT2D eigenvalue weighted by Gasteiger charge is 2.35. The van der Waals surface area contributed by atoms with Crippen LogP contribution in [-0.2, 0) is 11.3 Å². The smallest absolute Gasteiger partial charge is 0.0784 e. The molecular weight excluding hydrogens is 313 g/mol. The zero-order valence-corrected chi connectivity index (χ0v) is 11.7. The van der Waals surface area contributed by atoms with Crippen molar-refractivity contribution in [2.45, 2.75) is 18.6 Å². The van der Waals surface area contributed by atoms with E-state index in [9.17, 15) is 0 Å². The summed E-state index contributed by atoms with van der Waals surface area (Å²) in [4.78, 5) is 0. The van der Waals surface area contributed by atoms with Gasteiger partial charge in [-0.15, -0.1) is 12.4 Å². The SMILES string of the molecule is Cl.Clc1c(Br)ccc2c1CO[C@H]1CNC[C@@H]21. The summed E-state index contributed by atoms with van der Waals surface area (Å²) >= 11 is 9.70. The lowest BCUT2D eigenvalue weighted by Gasteiger charge is -2.28. The van der Waals surface area contributed by atoms with Crippen LogP contribution in [-0.4, -0.2) is 19.2 Å². The number of halogens is 3. The maximum atomic E-state index is 6.25. The maximum absolute atomic E-state index is 6.25. The summed E-state index contributed by atoms with van der Waals surface area (Å²) in [5, 5.41) is 4.16. The molecule has 2 nitrogen and oxygen atoms in total. The van der Waals surface area contributed by atoms with Crippen LogP contribution in [0, 0.1) is 0 Å². The van der Waals surface area contributed by atoms with Gasteiger partial charge < -0.3 is 10.1 Å². The maximum Gasteiger partial charge on any atom is 0.0784 e. The molecule has 0 radical (unpaired) electrons. The largest absolute Gasteiger partial charge is 0.371 e. The van der Waals surface area contributed by atoms with Crippen LogP contribution >= 0.6 is 39.9 Å². The molecule has 1 saturated heterocycles. The summed E-state index contributed by atoms with van der Waals surface area (Å²) < 4.78 is 6.75. The summed E-state index contributed by atoms with van der Waals surface area (Å²) in [7, 11) is 0. The van der Waals surface area contributed by atoms with Crippen molar-refractivity contribution in [3.05, 3.63) is 32.8 Å². The minimum atomic E-state index is 0. The Hall–Kier alpha value is 0.200. The van der Waals surface area contributed by atoms with E-state index in [4.69, 9.17) is 16.3 Å². The summed E-state index contributed by atoms with van der Waals surface area (Å²) in [5.74, 6) is 0.472. The lowest BCUT2D eigenvalue weighted by atomic mass is 9.90. The Labute approximate surface area is 114 Å². The van der Waals surface area contributed by atoms with Crippen LogP contribution in [0.1, 0.15) is 17.0 Å². The van der Waals surface area contributed by atoms with Gasteiger partial charge in [-0.2, -0.15) is 0 Å². The van der Waals surface area contributed by atoms with Gasteiger partial charge in [-0.1, -0.05) is 17.7 Å². The topological polar surface area (TPSA) is 21.3 Å². The fourth-order valence-electron chi connectivity index (χ4n) is 2.43. The van der Waals surface area contributed by atoms with E-state index < -0.39 is 0 Å². The van der Waals surface area contributed by atoms with Gasteiger partial charge in [0.05, 0.1) is 17.7 Å². The molecule has 1 aromatic rings. The van der Waals surface area contributed by atoms with Crippen molar-refractivity contribution < 1.29 is 4.74 Å².